The topological polar surface area (TPSA) is 54.0 Å². The van der Waals surface area contributed by atoms with Gasteiger partial charge in [-0.1, -0.05) is 12.1 Å². The minimum Gasteiger partial charge on any atom is -0.497 e. The number of amides is 1. The largest absolute Gasteiger partial charge is 0.497 e. The number of nitrogens with zero attached hydrogens (tertiary/aromatic N) is 2. The SMILES string of the molecule is COCC1(C(=O)N2CCN(C(C)c3cccc(OC)c3)CC2)CCNCC1.Cl.Cl. The Labute approximate surface area is 187 Å². The van der Waals surface area contributed by atoms with Crippen LogP contribution in [0.2, 0.25) is 0 Å². The van der Waals surface area contributed by atoms with E-state index in [0.29, 0.717) is 12.6 Å². The molecule has 1 aromatic rings. The number of carbonyl (C=O) groups is 1. The molecule has 1 N–H and O–H groups in total. The number of piperidine rings is 1. The molecule has 1 atom stereocenters. The van der Waals surface area contributed by atoms with Crippen LogP contribution in [-0.4, -0.2) is 75.8 Å². The second kappa shape index (κ2) is 12.0. The Kier molecular flexibility index (Phi) is 10.7. The molecule has 2 saturated heterocycles. The molecule has 0 saturated carbocycles. The summed E-state index contributed by atoms with van der Waals surface area (Å²) in [7, 11) is 3.40. The zero-order valence-electron chi connectivity index (χ0n) is 17.7. The van der Waals surface area contributed by atoms with E-state index in [0.717, 1.165) is 57.9 Å². The first-order chi connectivity index (χ1) is 13.1. The summed E-state index contributed by atoms with van der Waals surface area (Å²) in [6.07, 6.45) is 1.72. The molecule has 0 aliphatic carbocycles. The van der Waals surface area contributed by atoms with Crippen LogP contribution < -0.4 is 10.1 Å². The van der Waals surface area contributed by atoms with E-state index in [1.54, 1.807) is 14.2 Å². The van der Waals surface area contributed by atoms with Gasteiger partial charge in [0, 0.05) is 39.3 Å². The smallest absolute Gasteiger partial charge is 0.231 e. The molecule has 1 unspecified atom stereocenters. The molecule has 0 bridgehead atoms. The van der Waals surface area contributed by atoms with Gasteiger partial charge < -0.3 is 19.7 Å². The molecule has 0 aromatic heterocycles. The quantitative estimate of drug-likeness (QED) is 0.726. The van der Waals surface area contributed by atoms with Crippen molar-refractivity contribution in [3.63, 3.8) is 0 Å². The highest BCUT2D eigenvalue weighted by Gasteiger charge is 2.43. The molecular weight excluding hydrogens is 413 g/mol. The molecular formula is C21H35Cl2N3O3. The van der Waals surface area contributed by atoms with Crippen molar-refractivity contribution in [2.45, 2.75) is 25.8 Å². The van der Waals surface area contributed by atoms with Crippen molar-refractivity contribution < 1.29 is 14.3 Å². The normalized spacial score (nSPS) is 20.2. The van der Waals surface area contributed by atoms with Gasteiger partial charge in [0.2, 0.25) is 5.91 Å². The van der Waals surface area contributed by atoms with E-state index < -0.39 is 0 Å². The third kappa shape index (κ3) is 5.98. The number of piperazine rings is 1. The van der Waals surface area contributed by atoms with Crippen molar-refractivity contribution in [3.05, 3.63) is 29.8 Å². The van der Waals surface area contributed by atoms with Crippen LogP contribution in [-0.2, 0) is 9.53 Å². The average molecular weight is 448 g/mol. The number of rotatable bonds is 6. The maximum Gasteiger partial charge on any atom is 0.231 e. The molecule has 29 heavy (non-hydrogen) atoms. The van der Waals surface area contributed by atoms with E-state index >= 15 is 0 Å². The van der Waals surface area contributed by atoms with Crippen LogP contribution in [0.4, 0.5) is 0 Å². The van der Waals surface area contributed by atoms with Crippen LogP contribution in [0.15, 0.2) is 24.3 Å². The minimum absolute atomic E-state index is 0. The molecule has 2 aliphatic heterocycles. The van der Waals surface area contributed by atoms with Gasteiger partial charge in [-0.15, -0.1) is 24.8 Å². The number of nitrogens with one attached hydrogen (secondary N) is 1. The maximum absolute atomic E-state index is 13.3. The van der Waals surface area contributed by atoms with Gasteiger partial charge in [-0.3, -0.25) is 9.69 Å². The van der Waals surface area contributed by atoms with E-state index in [9.17, 15) is 4.79 Å². The maximum atomic E-state index is 13.3. The zero-order valence-corrected chi connectivity index (χ0v) is 19.3. The number of carbonyl (C=O) groups excluding carboxylic acids is 1. The molecule has 2 fully saturated rings. The van der Waals surface area contributed by atoms with Crippen LogP contribution in [0.25, 0.3) is 0 Å². The highest BCUT2D eigenvalue weighted by molar-refractivity contribution is 5.85. The van der Waals surface area contributed by atoms with E-state index in [2.05, 4.69) is 34.2 Å². The first-order valence-corrected chi connectivity index (χ1v) is 9.97. The fraction of sp³-hybridized carbons (Fsp3) is 0.667. The molecule has 0 radical (unpaired) electrons. The Morgan fingerprint density at radius 2 is 1.79 bits per heavy atom. The van der Waals surface area contributed by atoms with Crippen molar-refractivity contribution in [1.29, 1.82) is 0 Å². The third-order valence-corrected chi connectivity index (χ3v) is 6.16. The molecule has 1 aromatic carbocycles. The number of ether oxygens (including phenoxy) is 2. The molecule has 166 valence electrons. The molecule has 2 heterocycles. The van der Waals surface area contributed by atoms with Crippen molar-refractivity contribution >= 4 is 30.7 Å². The van der Waals surface area contributed by atoms with Gasteiger partial charge in [0.15, 0.2) is 0 Å². The van der Waals surface area contributed by atoms with Gasteiger partial charge in [0.05, 0.1) is 19.1 Å². The Morgan fingerprint density at radius 1 is 1.14 bits per heavy atom. The van der Waals surface area contributed by atoms with Crippen molar-refractivity contribution in [1.82, 2.24) is 15.1 Å². The number of hydrogen-bond donors (Lipinski definition) is 1. The van der Waals surface area contributed by atoms with Crippen molar-refractivity contribution in [2.24, 2.45) is 5.41 Å². The molecule has 1 amide bonds. The molecule has 8 heteroatoms. The molecule has 3 rings (SSSR count). The van der Waals surface area contributed by atoms with Gasteiger partial charge in [-0.2, -0.15) is 0 Å². The lowest BCUT2D eigenvalue weighted by Crippen LogP contribution is -2.56. The Bertz CT molecular complexity index is 628. The van der Waals surface area contributed by atoms with Gasteiger partial charge in [0.1, 0.15) is 5.75 Å². The summed E-state index contributed by atoms with van der Waals surface area (Å²) in [5, 5.41) is 3.36. The molecule has 2 aliphatic rings. The summed E-state index contributed by atoms with van der Waals surface area (Å²) < 4.78 is 10.8. The second-order valence-electron chi connectivity index (χ2n) is 7.74. The van der Waals surface area contributed by atoms with E-state index in [1.807, 2.05) is 12.1 Å². The van der Waals surface area contributed by atoms with E-state index in [1.165, 1.54) is 5.56 Å². The lowest BCUT2D eigenvalue weighted by atomic mass is 9.78. The minimum atomic E-state index is -0.347. The van der Waals surface area contributed by atoms with Gasteiger partial charge in [-0.05, 0) is 50.6 Å². The van der Waals surface area contributed by atoms with Crippen molar-refractivity contribution in [2.75, 3.05) is 60.1 Å². The van der Waals surface area contributed by atoms with Crippen molar-refractivity contribution in [3.8, 4) is 5.75 Å². The number of halogens is 2. The lowest BCUT2D eigenvalue weighted by Gasteiger charge is -2.44. The van der Waals surface area contributed by atoms with E-state index in [-0.39, 0.29) is 36.1 Å². The lowest BCUT2D eigenvalue weighted by molar-refractivity contribution is -0.149. The Hall–Kier alpha value is -1.05. The Morgan fingerprint density at radius 3 is 2.38 bits per heavy atom. The van der Waals surface area contributed by atoms with Gasteiger partial charge in [0.25, 0.3) is 0 Å². The Balaban J connectivity index is 0.00000210. The zero-order chi connectivity index (χ0) is 19.3. The van der Waals surface area contributed by atoms with Crippen LogP contribution in [0, 0.1) is 5.41 Å². The predicted octanol–water partition coefficient (Wildman–Crippen LogP) is 2.76. The van der Waals surface area contributed by atoms with Crippen LogP contribution in [0.5, 0.6) is 5.75 Å². The summed E-state index contributed by atoms with van der Waals surface area (Å²) >= 11 is 0. The third-order valence-electron chi connectivity index (χ3n) is 6.16. The molecule has 0 spiro atoms. The number of benzene rings is 1. The fourth-order valence-corrected chi connectivity index (χ4v) is 4.36. The first-order valence-electron chi connectivity index (χ1n) is 9.97. The van der Waals surface area contributed by atoms with Crippen LogP contribution in [0.1, 0.15) is 31.4 Å². The predicted molar refractivity (Wildman–Crippen MR) is 120 cm³/mol. The number of hydrogen-bond acceptors (Lipinski definition) is 5. The summed E-state index contributed by atoms with van der Waals surface area (Å²) in [6.45, 7) is 7.89. The average Bonchev–Trinajstić information content (AvgIpc) is 2.73. The summed E-state index contributed by atoms with van der Waals surface area (Å²) in [4.78, 5) is 17.8. The summed E-state index contributed by atoms with van der Waals surface area (Å²) in [5.41, 5.74) is 0.906. The van der Waals surface area contributed by atoms with Gasteiger partial charge >= 0.3 is 0 Å². The fourth-order valence-electron chi connectivity index (χ4n) is 4.36. The first kappa shape index (κ1) is 26.0. The summed E-state index contributed by atoms with van der Waals surface area (Å²) in [6, 6.07) is 8.57. The summed E-state index contributed by atoms with van der Waals surface area (Å²) in [5.74, 6) is 1.17. The standard InChI is InChI=1S/C21H33N3O3.2ClH/c1-17(18-5-4-6-19(15-18)27-3)23-11-13-24(14-12-23)20(25)21(16-26-2)7-9-22-10-8-21;;/h4-6,15,17,22H,7-14,16H2,1-3H3;2*1H. The number of methoxy groups -OCH3 is 2. The van der Waals surface area contributed by atoms with Gasteiger partial charge in [-0.25, -0.2) is 0 Å². The van der Waals surface area contributed by atoms with E-state index in [4.69, 9.17) is 9.47 Å². The highest BCUT2D eigenvalue weighted by atomic mass is 35.5. The highest BCUT2D eigenvalue weighted by Crippen LogP contribution is 2.33. The monoisotopic (exact) mass is 447 g/mol. The molecule has 6 nitrogen and oxygen atoms in total. The second-order valence-corrected chi connectivity index (χ2v) is 7.74. The van der Waals surface area contributed by atoms with Crippen LogP contribution >= 0.6 is 24.8 Å². The van der Waals surface area contributed by atoms with Crippen LogP contribution in [0.3, 0.4) is 0 Å².